The largest absolute Gasteiger partial charge is 0.373 e. The monoisotopic (exact) mass is 705 g/mol. The van der Waals surface area contributed by atoms with E-state index in [4.69, 9.17) is 9.97 Å². The lowest BCUT2D eigenvalue weighted by molar-refractivity contribution is 0.699. The molecule has 3 heteroatoms. The average Bonchev–Trinajstić information content (AvgIpc) is 3.25. The molecule has 2 atom stereocenters. The first-order chi connectivity index (χ1) is 27.1. The van der Waals surface area contributed by atoms with Crippen molar-refractivity contribution < 1.29 is 0 Å². The molecule has 0 radical (unpaired) electrons. The van der Waals surface area contributed by atoms with Crippen LogP contribution in [-0.4, -0.2) is 9.97 Å². The van der Waals surface area contributed by atoms with Gasteiger partial charge in [0.25, 0.3) is 0 Å². The molecule has 0 bridgehead atoms. The number of hydrogen-bond acceptors (Lipinski definition) is 3. The van der Waals surface area contributed by atoms with Crippen LogP contribution in [0.25, 0.3) is 77.0 Å². The lowest BCUT2D eigenvalue weighted by Crippen LogP contribution is -2.22. The molecule has 10 rings (SSSR count). The summed E-state index contributed by atoms with van der Waals surface area (Å²) in [6.45, 7) is 2.33. The van der Waals surface area contributed by atoms with Crippen molar-refractivity contribution in [3.63, 3.8) is 0 Å². The van der Waals surface area contributed by atoms with Crippen LogP contribution in [0, 0.1) is 5.92 Å². The molecule has 3 nitrogen and oxygen atoms in total. The molecule has 55 heavy (non-hydrogen) atoms. The maximum absolute atomic E-state index is 5.35. The second-order valence-electron chi connectivity index (χ2n) is 14.7. The Bertz CT molecular complexity index is 2940. The summed E-state index contributed by atoms with van der Waals surface area (Å²) in [5.41, 5.74) is 12.3. The standard InChI is InChI=1S/C52H39N3/c1-34-20-26-47(36-14-6-3-7-15-36)54-52(33-45(34)35-12-4-2-5-13-35)50-29-23-37-21-22-39(32-51(37)55-50)38-24-27-48-41(30-38)25-28-49(53-48)46-31-40-16-8-9-17-42(40)43-18-10-11-19-44(43)46/h2-19,21-34,52,54H,20H2,1H3/b45-33+,47-26+/t34-,52?/m1/s1. The molecular formula is C52H39N3. The third-order valence-electron chi connectivity index (χ3n) is 11.2. The topological polar surface area (TPSA) is 37.8 Å². The van der Waals surface area contributed by atoms with Crippen LogP contribution >= 0.6 is 0 Å². The zero-order valence-electron chi connectivity index (χ0n) is 30.7. The fourth-order valence-corrected chi connectivity index (χ4v) is 8.23. The van der Waals surface area contributed by atoms with E-state index in [9.17, 15) is 0 Å². The van der Waals surface area contributed by atoms with Gasteiger partial charge < -0.3 is 5.32 Å². The van der Waals surface area contributed by atoms with Gasteiger partial charge in [-0.25, -0.2) is 4.98 Å². The van der Waals surface area contributed by atoms with E-state index in [2.05, 4.69) is 200 Å². The number of nitrogens with zero attached hydrogens (tertiary/aromatic N) is 2. The van der Waals surface area contributed by atoms with Crippen LogP contribution in [0.5, 0.6) is 0 Å². The Kier molecular flexibility index (Phi) is 8.26. The van der Waals surface area contributed by atoms with Gasteiger partial charge in [-0.15, -0.1) is 0 Å². The second-order valence-corrected chi connectivity index (χ2v) is 14.7. The molecule has 7 aromatic carbocycles. The van der Waals surface area contributed by atoms with Gasteiger partial charge in [0.1, 0.15) is 0 Å². The molecule has 1 aliphatic rings. The zero-order valence-corrected chi connectivity index (χ0v) is 30.7. The van der Waals surface area contributed by atoms with Gasteiger partial charge in [0.05, 0.1) is 28.5 Å². The molecule has 0 aliphatic carbocycles. The fourth-order valence-electron chi connectivity index (χ4n) is 8.23. The van der Waals surface area contributed by atoms with Gasteiger partial charge >= 0.3 is 0 Å². The van der Waals surface area contributed by atoms with E-state index in [0.717, 1.165) is 62.0 Å². The Morgan fingerprint density at radius 3 is 2.00 bits per heavy atom. The van der Waals surface area contributed by atoms with Crippen molar-refractivity contribution >= 4 is 54.6 Å². The number of hydrogen-bond donors (Lipinski definition) is 1. The highest BCUT2D eigenvalue weighted by atomic mass is 15.0. The van der Waals surface area contributed by atoms with Gasteiger partial charge in [0.15, 0.2) is 0 Å². The molecule has 1 aliphatic heterocycles. The number of benzene rings is 7. The molecule has 1 unspecified atom stereocenters. The van der Waals surface area contributed by atoms with Gasteiger partial charge in [-0.3, -0.25) is 4.98 Å². The number of allylic oxidation sites excluding steroid dienone is 2. The van der Waals surface area contributed by atoms with E-state index in [1.54, 1.807) is 0 Å². The lowest BCUT2D eigenvalue weighted by Gasteiger charge is -2.26. The number of pyridine rings is 2. The zero-order chi connectivity index (χ0) is 36.7. The number of fused-ring (bicyclic) bond motifs is 5. The van der Waals surface area contributed by atoms with Crippen LogP contribution in [0.2, 0.25) is 0 Å². The highest BCUT2D eigenvalue weighted by Gasteiger charge is 2.21. The van der Waals surface area contributed by atoms with E-state index in [1.807, 2.05) is 0 Å². The molecule has 0 spiro atoms. The molecule has 3 heterocycles. The minimum Gasteiger partial charge on any atom is -0.373 e. The maximum Gasteiger partial charge on any atom is 0.0876 e. The van der Waals surface area contributed by atoms with Gasteiger partial charge in [-0.2, -0.15) is 0 Å². The summed E-state index contributed by atoms with van der Waals surface area (Å²) in [5.74, 6) is 0.350. The van der Waals surface area contributed by atoms with E-state index in [-0.39, 0.29) is 6.04 Å². The minimum absolute atomic E-state index is 0.113. The summed E-state index contributed by atoms with van der Waals surface area (Å²) in [6, 6.07) is 62.8. The Balaban J connectivity index is 1.01. The van der Waals surface area contributed by atoms with Crippen LogP contribution in [0.15, 0.2) is 188 Å². The molecule has 2 aromatic heterocycles. The molecular weight excluding hydrogens is 667 g/mol. The van der Waals surface area contributed by atoms with Gasteiger partial charge in [0, 0.05) is 22.0 Å². The first-order valence-corrected chi connectivity index (χ1v) is 19.2. The summed E-state index contributed by atoms with van der Waals surface area (Å²) >= 11 is 0. The van der Waals surface area contributed by atoms with E-state index in [1.165, 1.54) is 38.2 Å². The molecule has 1 N–H and O–H groups in total. The summed E-state index contributed by atoms with van der Waals surface area (Å²) < 4.78 is 0. The predicted molar refractivity (Wildman–Crippen MR) is 231 cm³/mol. The number of nitrogens with one attached hydrogen (secondary N) is 1. The SMILES string of the molecule is C[C@@H]1C/C=C(\c2ccccc2)NC(c2ccc3ccc(-c4ccc5nc(-c6cc7ccccc7c7ccccc67)ccc5c4)cc3n2)/C=C\1c1ccccc1. The third kappa shape index (κ3) is 6.24. The normalized spacial score (nSPS) is 17.9. The Morgan fingerprint density at radius 2 is 1.16 bits per heavy atom. The van der Waals surface area contributed by atoms with E-state index < -0.39 is 0 Å². The lowest BCUT2D eigenvalue weighted by atomic mass is 9.87. The van der Waals surface area contributed by atoms with Crippen molar-refractivity contribution in [3.8, 4) is 22.4 Å². The molecule has 0 saturated heterocycles. The smallest absolute Gasteiger partial charge is 0.0876 e. The highest BCUT2D eigenvalue weighted by Crippen LogP contribution is 2.37. The van der Waals surface area contributed by atoms with Crippen molar-refractivity contribution in [2.45, 2.75) is 19.4 Å². The predicted octanol–water partition coefficient (Wildman–Crippen LogP) is 13.2. The third-order valence-corrected chi connectivity index (χ3v) is 11.2. The van der Waals surface area contributed by atoms with Crippen molar-refractivity contribution in [3.05, 3.63) is 205 Å². The van der Waals surface area contributed by atoms with Crippen LogP contribution in [0.3, 0.4) is 0 Å². The maximum atomic E-state index is 5.35. The molecule has 0 saturated carbocycles. The summed E-state index contributed by atoms with van der Waals surface area (Å²) in [6.07, 6.45) is 5.69. The Labute approximate surface area is 321 Å². The van der Waals surface area contributed by atoms with Crippen LogP contribution in [0.4, 0.5) is 0 Å². The van der Waals surface area contributed by atoms with Crippen molar-refractivity contribution in [2.75, 3.05) is 0 Å². The van der Waals surface area contributed by atoms with Crippen LogP contribution < -0.4 is 5.32 Å². The molecule has 0 amide bonds. The molecule has 9 aromatic rings. The Hall–Kier alpha value is -6.84. The first kappa shape index (κ1) is 32.8. The minimum atomic E-state index is -0.113. The average molecular weight is 706 g/mol. The summed E-state index contributed by atoms with van der Waals surface area (Å²) in [5, 5.41) is 11.1. The van der Waals surface area contributed by atoms with Crippen molar-refractivity contribution in [1.29, 1.82) is 0 Å². The van der Waals surface area contributed by atoms with Gasteiger partial charge in [-0.1, -0.05) is 159 Å². The first-order valence-electron chi connectivity index (χ1n) is 19.2. The highest BCUT2D eigenvalue weighted by molar-refractivity contribution is 6.13. The second kappa shape index (κ2) is 13.9. The van der Waals surface area contributed by atoms with Crippen molar-refractivity contribution in [1.82, 2.24) is 15.3 Å². The van der Waals surface area contributed by atoms with Crippen LogP contribution in [-0.2, 0) is 0 Å². The van der Waals surface area contributed by atoms with Crippen LogP contribution in [0.1, 0.15) is 36.2 Å². The molecule has 0 fully saturated rings. The van der Waals surface area contributed by atoms with Gasteiger partial charge in [-0.05, 0) is 98.1 Å². The summed E-state index contributed by atoms with van der Waals surface area (Å²) in [7, 11) is 0. The van der Waals surface area contributed by atoms with Gasteiger partial charge in [0.2, 0.25) is 0 Å². The Morgan fingerprint density at radius 1 is 0.491 bits per heavy atom. The molecule has 262 valence electrons. The van der Waals surface area contributed by atoms with Crippen molar-refractivity contribution in [2.24, 2.45) is 5.92 Å². The van der Waals surface area contributed by atoms with E-state index in [0.29, 0.717) is 5.92 Å². The number of aromatic nitrogens is 2. The summed E-state index contributed by atoms with van der Waals surface area (Å²) in [4.78, 5) is 10.5. The fraction of sp³-hybridized carbons (Fsp3) is 0.0769. The van der Waals surface area contributed by atoms with E-state index >= 15 is 0 Å². The quantitative estimate of drug-likeness (QED) is 0.181. The number of rotatable bonds is 5.